The molecule has 0 saturated heterocycles. The van der Waals surface area contributed by atoms with Gasteiger partial charge in [0.1, 0.15) is 5.69 Å². The minimum atomic E-state index is -3.30. The largest absolute Gasteiger partial charge is 0.340 e. The third-order valence-electron chi connectivity index (χ3n) is 4.39. The molecule has 3 aromatic rings. The number of nitrogens with one attached hydrogen (secondary N) is 1. The van der Waals surface area contributed by atoms with Crippen molar-refractivity contribution >= 4 is 9.84 Å². The van der Waals surface area contributed by atoms with Crippen molar-refractivity contribution in [3.05, 3.63) is 48.2 Å². The molecule has 7 heteroatoms. The number of rotatable bonds is 4. The number of hydrogen-bond acceptors (Lipinski definition) is 5. The van der Waals surface area contributed by atoms with Crippen LogP contribution in [0.1, 0.15) is 30.1 Å². The van der Waals surface area contributed by atoms with Crippen LogP contribution in [-0.4, -0.2) is 34.6 Å². The maximum absolute atomic E-state index is 11.7. The normalized spacial score (nSPS) is 14.6. The Kier molecular flexibility index (Phi) is 3.68. The first-order valence-corrected chi connectivity index (χ1v) is 9.99. The van der Waals surface area contributed by atoms with Crippen LogP contribution in [0.15, 0.2) is 41.7 Å². The van der Waals surface area contributed by atoms with Crippen molar-refractivity contribution in [2.75, 3.05) is 6.26 Å². The minimum Gasteiger partial charge on any atom is -0.340 e. The highest BCUT2D eigenvalue weighted by Crippen LogP contribution is 2.41. The van der Waals surface area contributed by atoms with Crippen LogP contribution in [0.25, 0.3) is 22.6 Å². The van der Waals surface area contributed by atoms with Crippen molar-refractivity contribution in [2.24, 2.45) is 0 Å². The molecule has 0 aliphatic heterocycles. The van der Waals surface area contributed by atoms with Crippen molar-refractivity contribution in [1.82, 2.24) is 19.9 Å². The highest BCUT2D eigenvalue weighted by Gasteiger charge is 2.28. The minimum absolute atomic E-state index is 0.202. The zero-order valence-corrected chi connectivity index (χ0v) is 14.8. The van der Waals surface area contributed by atoms with Gasteiger partial charge in [0.05, 0.1) is 10.6 Å². The number of H-pyrrole nitrogens is 1. The third kappa shape index (κ3) is 3.19. The molecular weight excluding hydrogens is 336 g/mol. The van der Waals surface area contributed by atoms with E-state index in [0.29, 0.717) is 5.92 Å². The van der Waals surface area contributed by atoms with Gasteiger partial charge in [-0.1, -0.05) is 0 Å². The van der Waals surface area contributed by atoms with Gasteiger partial charge >= 0.3 is 0 Å². The van der Waals surface area contributed by atoms with Gasteiger partial charge in [-0.3, -0.25) is 9.97 Å². The van der Waals surface area contributed by atoms with Crippen LogP contribution in [0.4, 0.5) is 0 Å². The molecule has 0 aromatic carbocycles. The standard InChI is InChI=1S/C18H18N4O2S/c1-11-17(12-3-4-12)22-18(21-11)16-8-13(5-6-20-16)14-7-15(10-19-9-14)25(2,23)24/h5-10,12H,3-4H2,1-2H3,(H,21,22). The zero-order valence-electron chi connectivity index (χ0n) is 14.0. The Labute approximate surface area is 146 Å². The van der Waals surface area contributed by atoms with Gasteiger partial charge < -0.3 is 4.98 Å². The van der Waals surface area contributed by atoms with Crippen molar-refractivity contribution < 1.29 is 8.42 Å². The van der Waals surface area contributed by atoms with Gasteiger partial charge in [-0.15, -0.1) is 0 Å². The number of pyridine rings is 2. The molecule has 1 fully saturated rings. The summed E-state index contributed by atoms with van der Waals surface area (Å²) in [5.41, 5.74) is 4.54. The van der Waals surface area contributed by atoms with E-state index in [1.807, 2.05) is 19.1 Å². The van der Waals surface area contributed by atoms with E-state index in [4.69, 9.17) is 0 Å². The van der Waals surface area contributed by atoms with Gasteiger partial charge in [-0.05, 0) is 43.5 Å². The summed E-state index contributed by atoms with van der Waals surface area (Å²) in [4.78, 5) is 16.7. The number of aromatic amines is 1. The lowest BCUT2D eigenvalue weighted by Gasteiger charge is -2.05. The highest BCUT2D eigenvalue weighted by molar-refractivity contribution is 7.90. The van der Waals surface area contributed by atoms with Gasteiger partial charge in [0, 0.05) is 42.0 Å². The van der Waals surface area contributed by atoms with E-state index in [9.17, 15) is 8.42 Å². The first-order valence-electron chi connectivity index (χ1n) is 8.10. The monoisotopic (exact) mass is 354 g/mol. The summed E-state index contributed by atoms with van der Waals surface area (Å²) in [6.45, 7) is 2.01. The fourth-order valence-corrected chi connectivity index (χ4v) is 3.48. The average Bonchev–Trinajstić information content (AvgIpc) is 3.36. The van der Waals surface area contributed by atoms with E-state index < -0.39 is 9.84 Å². The Morgan fingerprint density at radius 3 is 2.68 bits per heavy atom. The molecule has 0 unspecified atom stereocenters. The van der Waals surface area contributed by atoms with Crippen molar-refractivity contribution in [1.29, 1.82) is 0 Å². The molecule has 1 aliphatic carbocycles. The number of nitrogens with zero attached hydrogens (tertiary/aromatic N) is 3. The summed E-state index contributed by atoms with van der Waals surface area (Å²) < 4.78 is 23.5. The predicted molar refractivity (Wildman–Crippen MR) is 94.9 cm³/mol. The SMILES string of the molecule is Cc1nc(-c2cc(-c3cncc(S(C)(=O)=O)c3)ccn2)[nH]c1C1CC1. The molecule has 0 spiro atoms. The van der Waals surface area contributed by atoms with Gasteiger partial charge in [0.25, 0.3) is 0 Å². The Hall–Kier alpha value is -2.54. The fourth-order valence-electron chi connectivity index (χ4n) is 2.88. The van der Waals surface area contributed by atoms with Crippen LogP contribution in [0.2, 0.25) is 0 Å². The van der Waals surface area contributed by atoms with Crippen LogP contribution < -0.4 is 0 Å². The second-order valence-corrected chi connectivity index (χ2v) is 8.49. The molecule has 0 bridgehead atoms. The lowest BCUT2D eigenvalue weighted by atomic mass is 10.1. The summed E-state index contributed by atoms with van der Waals surface area (Å²) in [5, 5.41) is 0. The molecule has 25 heavy (non-hydrogen) atoms. The van der Waals surface area contributed by atoms with Gasteiger partial charge in [-0.25, -0.2) is 13.4 Å². The number of aromatic nitrogens is 4. The Morgan fingerprint density at radius 1 is 1.16 bits per heavy atom. The van der Waals surface area contributed by atoms with Crippen molar-refractivity contribution in [3.63, 3.8) is 0 Å². The topological polar surface area (TPSA) is 88.6 Å². The third-order valence-corrected chi connectivity index (χ3v) is 5.46. The van der Waals surface area contributed by atoms with Crippen LogP contribution in [-0.2, 0) is 9.84 Å². The van der Waals surface area contributed by atoms with Crippen LogP contribution >= 0.6 is 0 Å². The molecule has 0 atom stereocenters. The molecular formula is C18H18N4O2S. The summed E-state index contributed by atoms with van der Waals surface area (Å²) in [6, 6.07) is 5.37. The summed E-state index contributed by atoms with van der Waals surface area (Å²) in [7, 11) is -3.30. The molecule has 3 heterocycles. The van der Waals surface area contributed by atoms with E-state index in [1.165, 1.54) is 31.0 Å². The lowest BCUT2D eigenvalue weighted by molar-refractivity contribution is 0.601. The van der Waals surface area contributed by atoms with Gasteiger partial charge in [-0.2, -0.15) is 0 Å². The van der Waals surface area contributed by atoms with Crippen LogP contribution in [0.5, 0.6) is 0 Å². The fraction of sp³-hybridized carbons (Fsp3) is 0.278. The van der Waals surface area contributed by atoms with Crippen molar-refractivity contribution in [2.45, 2.75) is 30.6 Å². The van der Waals surface area contributed by atoms with Gasteiger partial charge in [0.15, 0.2) is 15.7 Å². The Morgan fingerprint density at radius 2 is 1.96 bits per heavy atom. The van der Waals surface area contributed by atoms with Gasteiger partial charge in [0.2, 0.25) is 0 Å². The van der Waals surface area contributed by atoms with E-state index in [1.54, 1.807) is 18.5 Å². The second kappa shape index (κ2) is 5.77. The maximum Gasteiger partial charge on any atom is 0.177 e. The predicted octanol–water partition coefficient (Wildman–Crippen LogP) is 3.12. The summed E-state index contributed by atoms with van der Waals surface area (Å²) in [5.74, 6) is 1.34. The molecule has 1 aliphatic rings. The molecule has 0 amide bonds. The first kappa shape index (κ1) is 16.0. The first-order chi connectivity index (χ1) is 11.9. The van der Waals surface area contributed by atoms with Crippen molar-refractivity contribution in [3.8, 4) is 22.6 Å². The Balaban J connectivity index is 1.74. The Bertz CT molecular complexity index is 1050. The summed E-state index contributed by atoms with van der Waals surface area (Å²) in [6.07, 6.45) is 8.30. The average molecular weight is 354 g/mol. The number of imidazole rings is 1. The van der Waals surface area contributed by atoms with E-state index in [-0.39, 0.29) is 4.90 Å². The lowest BCUT2D eigenvalue weighted by Crippen LogP contribution is -1.98. The van der Waals surface area contributed by atoms with Crippen LogP contribution in [0, 0.1) is 6.92 Å². The molecule has 6 nitrogen and oxygen atoms in total. The number of hydrogen-bond donors (Lipinski definition) is 1. The quantitative estimate of drug-likeness (QED) is 0.777. The number of aryl methyl sites for hydroxylation is 1. The number of sulfone groups is 1. The summed E-state index contributed by atoms with van der Waals surface area (Å²) >= 11 is 0. The molecule has 4 rings (SSSR count). The van der Waals surface area contributed by atoms with E-state index in [0.717, 1.165) is 28.3 Å². The molecule has 0 radical (unpaired) electrons. The molecule has 128 valence electrons. The second-order valence-electron chi connectivity index (χ2n) is 6.47. The van der Waals surface area contributed by atoms with E-state index >= 15 is 0 Å². The van der Waals surface area contributed by atoms with Crippen LogP contribution in [0.3, 0.4) is 0 Å². The van der Waals surface area contributed by atoms with E-state index in [2.05, 4.69) is 19.9 Å². The highest BCUT2D eigenvalue weighted by atomic mass is 32.2. The molecule has 3 aromatic heterocycles. The zero-order chi connectivity index (χ0) is 17.6. The smallest absolute Gasteiger partial charge is 0.177 e. The molecule has 1 saturated carbocycles. The molecule has 1 N–H and O–H groups in total. The maximum atomic E-state index is 11.7.